The van der Waals surface area contributed by atoms with Crippen LogP contribution >= 0.6 is 33.9 Å². The number of hydrogen-bond acceptors (Lipinski definition) is 4. The highest BCUT2D eigenvalue weighted by molar-refractivity contribution is 14.1. The fraction of sp³-hybridized carbons (Fsp3) is 0.312. The topological polar surface area (TPSA) is 60.4 Å². The Kier molecular flexibility index (Phi) is 3.96. The molecule has 0 fully saturated rings. The summed E-state index contributed by atoms with van der Waals surface area (Å²) >= 11 is 3.87. The smallest absolute Gasteiger partial charge is 0.276 e. The maximum atomic E-state index is 11.5. The highest BCUT2D eigenvalue weighted by Crippen LogP contribution is 2.40. The van der Waals surface area contributed by atoms with E-state index in [0.717, 1.165) is 42.3 Å². The number of nitrogens with zero attached hydrogens (tertiary/aromatic N) is 3. The Hall–Kier alpha value is -1.48. The van der Waals surface area contributed by atoms with E-state index in [1.807, 2.05) is 34.6 Å². The van der Waals surface area contributed by atoms with Crippen LogP contribution in [0.15, 0.2) is 5.38 Å². The zero-order valence-electron chi connectivity index (χ0n) is 13.5. The van der Waals surface area contributed by atoms with E-state index in [0.29, 0.717) is 5.56 Å². The molecule has 0 radical (unpaired) electrons. The molecule has 23 heavy (non-hydrogen) atoms. The van der Waals surface area contributed by atoms with Gasteiger partial charge in [0.2, 0.25) is 0 Å². The van der Waals surface area contributed by atoms with Crippen LogP contribution in [0.1, 0.15) is 27.9 Å². The molecule has 7 heteroatoms. The molecule has 1 aromatic carbocycles. The predicted octanol–water partition coefficient (Wildman–Crippen LogP) is 5.12. The SMILES string of the molecule is Cc1c(C)c(-c2nc3scc(C)n3c2I)c(C)c([N+](=O)[O-])c1C. The maximum absolute atomic E-state index is 11.5. The van der Waals surface area contributed by atoms with Crippen molar-refractivity contribution in [1.82, 2.24) is 9.38 Å². The van der Waals surface area contributed by atoms with Crippen molar-refractivity contribution in [2.24, 2.45) is 0 Å². The molecular formula is C16H16IN3O2S. The summed E-state index contributed by atoms with van der Waals surface area (Å²) in [6, 6.07) is 0. The maximum Gasteiger partial charge on any atom is 0.276 e. The van der Waals surface area contributed by atoms with Crippen LogP contribution in [0.4, 0.5) is 5.69 Å². The van der Waals surface area contributed by atoms with Crippen molar-refractivity contribution in [3.8, 4) is 11.3 Å². The number of thiazole rings is 1. The molecule has 0 aliphatic heterocycles. The van der Waals surface area contributed by atoms with Crippen molar-refractivity contribution in [3.05, 3.63) is 47.1 Å². The van der Waals surface area contributed by atoms with Crippen molar-refractivity contribution in [2.75, 3.05) is 0 Å². The van der Waals surface area contributed by atoms with Crippen molar-refractivity contribution in [3.63, 3.8) is 0 Å². The van der Waals surface area contributed by atoms with Gasteiger partial charge in [0.25, 0.3) is 5.69 Å². The zero-order chi connectivity index (χ0) is 17.0. The standard InChI is InChI=1S/C16H16IN3O2S/c1-7-6-23-16-18-13(15(17)19(7)16)12-9(3)8(2)10(4)14(11(12)5)20(21)22/h6H,1-5H3. The zero-order valence-corrected chi connectivity index (χ0v) is 16.5. The largest absolute Gasteiger partial charge is 0.282 e. The molecule has 0 amide bonds. The van der Waals surface area contributed by atoms with Crippen LogP contribution in [-0.4, -0.2) is 14.3 Å². The van der Waals surface area contributed by atoms with Crippen molar-refractivity contribution >= 4 is 44.6 Å². The minimum absolute atomic E-state index is 0.201. The lowest BCUT2D eigenvalue weighted by Gasteiger charge is -2.15. The first-order valence-electron chi connectivity index (χ1n) is 7.12. The Morgan fingerprint density at radius 2 is 1.78 bits per heavy atom. The monoisotopic (exact) mass is 441 g/mol. The van der Waals surface area contributed by atoms with E-state index < -0.39 is 0 Å². The number of hydrogen-bond donors (Lipinski definition) is 0. The molecule has 0 bridgehead atoms. The number of nitro groups is 1. The van der Waals surface area contributed by atoms with Gasteiger partial charge in [0, 0.05) is 27.8 Å². The Balaban J connectivity index is 2.43. The summed E-state index contributed by atoms with van der Waals surface area (Å²) in [7, 11) is 0. The first kappa shape index (κ1) is 16.4. The second-order valence-corrected chi connectivity index (χ2v) is 7.59. The van der Waals surface area contributed by atoms with E-state index in [1.54, 1.807) is 11.3 Å². The van der Waals surface area contributed by atoms with Crippen LogP contribution in [0.3, 0.4) is 0 Å². The van der Waals surface area contributed by atoms with Crippen molar-refractivity contribution < 1.29 is 4.92 Å². The minimum atomic E-state index is -0.281. The van der Waals surface area contributed by atoms with Gasteiger partial charge < -0.3 is 0 Å². The molecule has 0 aliphatic carbocycles. The summed E-state index contributed by atoms with van der Waals surface area (Å²) in [5.41, 5.74) is 6.50. The van der Waals surface area contributed by atoms with E-state index in [1.165, 1.54) is 0 Å². The van der Waals surface area contributed by atoms with E-state index in [2.05, 4.69) is 32.4 Å². The van der Waals surface area contributed by atoms with Crippen LogP contribution < -0.4 is 0 Å². The van der Waals surface area contributed by atoms with Gasteiger partial charge in [-0.15, -0.1) is 11.3 Å². The van der Waals surface area contributed by atoms with Gasteiger partial charge in [-0.05, 0) is 68.3 Å². The number of aromatic nitrogens is 2. The van der Waals surface area contributed by atoms with Gasteiger partial charge in [0.1, 0.15) is 9.39 Å². The van der Waals surface area contributed by atoms with E-state index in [9.17, 15) is 10.1 Å². The van der Waals surface area contributed by atoms with Gasteiger partial charge in [-0.2, -0.15) is 0 Å². The highest BCUT2D eigenvalue weighted by Gasteiger charge is 2.26. The number of benzene rings is 1. The fourth-order valence-electron chi connectivity index (χ4n) is 3.07. The fourth-order valence-corrected chi connectivity index (χ4v) is 5.10. The summed E-state index contributed by atoms with van der Waals surface area (Å²) in [4.78, 5) is 16.9. The molecule has 3 aromatic rings. The van der Waals surface area contributed by atoms with E-state index >= 15 is 0 Å². The lowest BCUT2D eigenvalue weighted by Crippen LogP contribution is -2.03. The van der Waals surface area contributed by atoms with Crippen LogP contribution in [0, 0.1) is 48.4 Å². The molecular weight excluding hydrogens is 425 g/mol. The van der Waals surface area contributed by atoms with Gasteiger partial charge in [-0.25, -0.2) is 4.98 Å². The Labute approximate surface area is 151 Å². The average molecular weight is 441 g/mol. The molecule has 5 nitrogen and oxygen atoms in total. The summed E-state index contributed by atoms with van der Waals surface area (Å²) in [5.74, 6) is 0. The van der Waals surface area contributed by atoms with E-state index in [-0.39, 0.29) is 10.6 Å². The van der Waals surface area contributed by atoms with Crippen molar-refractivity contribution in [2.45, 2.75) is 34.6 Å². The average Bonchev–Trinajstić information content (AvgIpc) is 2.98. The highest BCUT2D eigenvalue weighted by atomic mass is 127. The summed E-state index contributed by atoms with van der Waals surface area (Å²) in [6.45, 7) is 9.64. The van der Waals surface area contributed by atoms with Gasteiger partial charge in [-0.3, -0.25) is 14.5 Å². The normalized spacial score (nSPS) is 11.4. The van der Waals surface area contributed by atoms with Crippen LogP contribution in [-0.2, 0) is 0 Å². The lowest BCUT2D eigenvalue weighted by atomic mass is 9.91. The van der Waals surface area contributed by atoms with Crippen LogP contribution in [0.25, 0.3) is 16.2 Å². The Morgan fingerprint density at radius 3 is 2.35 bits per heavy atom. The number of fused-ring (bicyclic) bond motifs is 1. The van der Waals surface area contributed by atoms with Gasteiger partial charge in [0.05, 0.1) is 4.92 Å². The summed E-state index contributed by atoms with van der Waals surface area (Å²) in [6.07, 6.45) is 0. The Bertz CT molecular complexity index is 972. The molecule has 0 saturated carbocycles. The molecule has 0 aliphatic rings. The molecule has 0 unspecified atom stereocenters. The summed E-state index contributed by atoms with van der Waals surface area (Å²) in [5, 5.41) is 13.6. The van der Waals surface area contributed by atoms with Gasteiger partial charge in [-0.1, -0.05) is 0 Å². The number of rotatable bonds is 2. The summed E-state index contributed by atoms with van der Waals surface area (Å²) < 4.78 is 3.10. The molecule has 0 spiro atoms. The first-order chi connectivity index (χ1) is 10.8. The second kappa shape index (κ2) is 5.55. The third kappa shape index (κ3) is 2.28. The number of aryl methyl sites for hydroxylation is 1. The molecule has 3 rings (SSSR count). The predicted molar refractivity (Wildman–Crippen MR) is 102 cm³/mol. The van der Waals surface area contributed by atoms with Gasteiger partial charge in [0.15, 0.2) is 4.96 Å². The molecule has 120 valence electrons. The molecule has 2 aromatic heterocycles. The Morgan fingerprint density at radius 1 is 1.13 bits per heavy atom. The van der Waals surface area contributed by atoms with E-state index in [4.69, 9.17) is 4.98 Å². The van der Waals surface area contributed by atoms with Crippen LogP contribution in [0.2, 0.25) is 0 Å². The second-order valence-electron chi connectivity index (χ2n) is 5.73. The minimum Gasteiger partial charge on any atom is -0.282 e. The third-order valence-corrected chi connectivity index (χ3v) is 6.42. The van der Waals surface area contributed by atoms with Crippen LogP contribution in [0.5, 0.6) is 0 Å². The number of nitro benzene ring substituents is 1. The number of imidazole rings is 1. The molecule has 2 heterocycles. The quantitative estimate of drug-likeness (QED) is 0.315. The molecule has 0 N–H and O–H groups in total. The van der Waals surface area contributed by atoms with Crippen molar-refractivity contribution in [1.29, 1.82) is 0 Å². The molecule has 0 atom stereocenters. The van der Waals surface area contributed by atoms with Gasteiger partial charge >= 0.3 is 0 Å². The lowest BCUT2D eigenvalue weighted by molar-refractivity contribution is -0.386. The first-order valence-corrected chi connectivity index (χ1v) is 9.08. The third-order valence-electron chi connectivity index (χ3n) is 4.48. The molecule has 0 saturated heterocycles. The number of halogens is 1.